The van der Waals surface area contributed by atoms with E-state index in [-0.39, 0.29) is 23.7 Å². The van der Waals surface area contributed by atoms with E-state index in [4.69, 9.17) is 4.74 Å². The first-order valence-electron chi connectivity index (χ1n) is 5.17. The first-order valence-corrected chi connectivity index (χ1v) is 5.17. The molecule has 2 aliphatic heterocycles. The van der Waals surface area contributed by atoms with Crippen molar-refractivity contribution in [3.63, 3.8) is 0 Å². The number of nitrogens with zero attached hydrogens (tertiary/aromatic N) is 1. The van der Waals surface area contributed by atoms with Gasteiger partial charge in [-0.05, 0) is 6.42 Å². The average Bonchev–Trinajstić information content (AvgIpc) is 2.74. The number of carbonyl (C=O) groups is 2. The number of epoxide rings is 1. The van der Waals surface area contributed by atoms with Crippen LogP contribution in [0.25, 0.3) is 0 Å². The van der Waals surface area contributed by atoms with Crippen molar-refractivity contribution < 1.29 is 14.3 Å². The first-order chi connectivity index (χ1) is 6.70. The van der Waals surface area contributed by atoms with Crippen LogP contribution in [-0.2, 0) is 14.3 Å². The number of ether oxygens (including phenoxy) is 1. The molecule has 4 rings (SSSR count). The van der Waals surface area contributed by atoms with Gasteiger partial charge < -0.3 is 4.74 Å². The van der Waals surface area contributed by atoms with Crippen LogP contribution in [0.1, 0.15) is 6.42 Å². The molecule has 0 radical (unpaired) electrons. The van der Waals surface area contributed by atoms with Gasteiger partial charge in [0, 0.05) is 18.9 Å². The summed E-state index contributed by atoms with van der Waals surface area (Å²) in [5.41, 5.74) is 0. The molecule has 2 bridgehead atoms. The van der Waals surface area contributed by atoms with E-state index in [0.717, 1.165) is 6.42 Å². The molecule has 0 aromatic heterocycles. The van der Waals surface area contributed by atoms with Crippen molar-refractivity contribution in [3.8, 4) is 0 Å². The fraction of sp³-hybridized carbons (Fsp3) is 0.800. The van der Waals surface area contributed by atoms with Gasteiger partial charge in [-0.25, -0.2) is 0 Å². The van der Waals surface area contributed by atoms with E-state index in [2.05, 4.69) is 0 Å². The summed E-state index contributed by atoms with van der Waals surface area (Å²) in [6.45, 7) is 0. The van der Waals surface area contributed by atoms with Crippen LogP contribution in [-0.4, -0.2) is 36.0 Å². The number of imide groups is 1. The molecule has 4 aliphatic rings. The normalized spacial score (nSPS) is 57.9. The Labute approximate surface area is 81.2 Å². The zero-order valence-electron chi connectivity index (χ0n) is 7.84. The largest absolute Gasteiger partial charge is 0.369 e. The predicted molar refractivity (Wildman–Crippen MR) is 45.0 cm³/mol. The third kappa shape index (κ3) is 0.557. The summed E-state index contributed by atoms with van der Waals surface area (Å²) in [6.07, 6.45) is 1.66. The monoisotopic (exact) mass is 193 g/mol. The van der Waals surface area contributed by atoms with Gasteiger partial charge in [-0.1, -0.05) is 0 Å². The number of carbonyl (C=O) groups excluding carboxylic acids is 2. The van der Waals surface area contributed by atoms with Gasteiger partial charge in [0.05, 0.1) is 24.0 Å². The van der Waals surface area contributed by atoms with Crippen LogP contribution in [0, 0.1) is 23.7 Å². The summed E-state index contributed by atoms with van der Waals surface area (Å²) >= 11 is 0. The Bertz CT molecular complexity index is 334. The Morgan fingerprint density at radius 3 is 2.14 bits per heavy atom. The number of hydrogen-bond donors (Lipinski definition) is 0. The topological polar surface area (TPSA) is 49.9 Å². The molecule has 4 nitrogen and oxygen atoms in total. The molecule has 14 heavy (non-hydrogen) atoms. The van der Waals surface area contributed by atoms with Gasteiger partial charge in [0.15, 0.2) is 0 Å². The Morgan fingerprint density at radius 2 is 1.64 bits per heavy atom. The van der Waals surface area contributed by atoms with Gasteiger partial charge in [0.25, 0.3) is 0 Å². The Kier molecular flexibility index (Phi) is 0.998. The van der Waals surface area contributed by atoms with Crippen LogP contribution in [0.2, 0.25) is 0 Å². The fourth-order valence-corrected chi connectivity index (χ4v) is 3.87. The number of likely N-dealkylation sites (tertiary alicyclic amines) is 1. The second-order valence-electron chi connectivity index (χ2n) is 4.92. The molecule has 4 fully saturated rings. The predicted octanol–water partition coefficient (Wildman–Crippen LogP) is -0.366. The minimum atomic E-state index is -0.0405. The lowest BCUT2D eigenvalue weighted by molar-refractivity contribution is -0.139. The van der Waals surface area contributed by atoms with Gasteiger partial charge in [0.2, 0.25) is 11.8 Å². The average molecular weight is 193 g/mol. The van der Waals surface area contributed by atoms with Crippen LogP contribution < -0.4 is 0 Å². The summed E-state index contributed by atoms with van der Waals surface area (Å²) in [5.74, 6) is 0.665. The molecule has 6 atom stereocenters. The Morgan fingerprint density at radius 1 is 1.14 bits per heavy atom. The molecule has 2 aliphatic carbocycles. The lowest BCUT2D eigenvalue weighted by Crippen LogP contribution is -2.29. The summed E-state index contributed by atoms with van der Waals surface area (Å²) in [5, 5.41) is 0. The lowest BCUT2D eigenvalue weighted by Gasteiger charge is -2.15. The van der Waals surface area contributed by atoms with Gasteiger partial charge >= 0.3 is 0 Å². The lowest BCUT2D eigenvalue weighted by atomic mass is 9.81. The van der Waals surface area contributed by atoms with Crippen molar-refractivity contribution in [1.29, 1.82) is 0 Å². The van der Waals surface area contributed by atoms with Crippen LogP contribution in [0.15, 0.2) is 0 Å². The zero-order chi connectivity index (χ0) is 9.61. The van der Waals surface area contributed by atoms with Gasteiger partial charge in [-0.3, -0.25) is 14.5 Å². The quantitative estimate of drug-likeness (QED) is 0.390. The third-order valence-corrected chi connectivity index (χ3v) is 4.49. The van der Waals surface area contributed by atoms with Gasteiger partial charge in [-0.2, -0.15) is 0 Å². The fourth-order valence-electron chi connectivity index (χ4n) is 3.87. The number of fused-ring (bicyclic) bond motifs is 8. The number of rotatable bonds is 0. The second-order valence-corrected chi connectivity index (χ2v) is 4.92. The van der Waals surface area contributed by atoms with E-state index >= 15 is 0 Å². The Balaban J connectivity index is 1.82. The Hall–Kier alpha value is -0.900. The number of hydrogen-bond acceptors (Lipinski definition) is 3. The van der Waals surface area contributed by atoms with Crippen molar-refractivity contribution >= 4 is 11.8 Å². The molecular formula is C10H11NO3. The highest BCUT2D eigenvalue weighted by molar-refractivity contribution is 6.06. The second kappa shape index (κ2) is 1.89. The molecule has 0 aromatic carbocycles. The first kappa shape index (κ1) is 7.40. The highest BCUT2D eigenvalue weighted by Crippen LogP contribution is 2.63. The maximum atomic E-state index is 11.8. The molecule has 2 heterocycles. The van der Waals surface area contributed by atoms with Crippen LogP contribution in [0.4, 0.5) is 0 Å². The highest BCUT2D eigenvalue weighted by atomic mass is 16.6. The molecule has 2 amide bonds. The molecule has 4 heteroatoms. The van der Waals surface area contributed by atoms with Crippen molar-refractivity contribution in [1.82, 2.24) is 4.90 Å². The van der Waals surface area contributed by atoms with Gasteiger partial charge in [-0.15, -0.1) is 0 Å². The summed E-state index contributed by atoms with van der Waals surface area (Å²) < 4.78 is 5.49. The summed E-state index contributed by atoms with van der Waals surface area (Å²) in [6, 6.07) is 0. The van der Waals surface area contributed by atoms with Crippen LogP contribution in [0.3, 0.4) is 0 Å². The van der Waals surface area contributed by atoms with Crippen molar-refractivity contribution in [3.05, 3.63) is 0 Å². The molecule has 0 aromatic rings. The molecule has 2 saturated heterocycles. The SMILES string of the molecule is CN1C(=O)C2C3CC(C4OC34)C2C1=O. The van der Waals surface area contributed by atoms with Crippen molar-refractivity contribution in [2.45, 2.75) is 18.6 Å². The van der Waals surface area contributed by atoms with E-state index in [1.165, 1.54) is 4.90 Å². The minimum Gasteiger partial charge on any atom is -0.369 e. The zero-order valence-corrected chi connectivity index (χ0v) is 7.84. The maximum Gasteiger partial charge on any atom is 0.233 e. The molecule has 6 unspecified atom stereocenters. The smallest absolute Gasteiger partial charge is 0.233 e. The number of amides is 2. The van der Waals surface area contributed by atoms with Crippen molar-refractivity contribution in [2.24, 2.45) is 23.7 Å². The van der Waals surface area contributed by atoms with E-state index in [9.17, 15) is 9.59 Å². The molecule has 0 N–H and O–H groups in total. The van der Waals surface area contributed by atoms with E-state index in [0.29, 0.717) is 24.0 Å². The van der Waals surface area contributed by atoms with E-state index < -0.39 is 0 Å². The molecular weight excluding hydrogens is 182 g/mol. The summed E-state index contributed by atoms with van der Waals surface area (Å²) in [7, 11) is 1.61. The third-order valence-electron chi connectivity index (χ3n) is 4.49. The van der Waals surface area contributed by atoms with Crippen molar-refractivity contribution in [2.75, 3.05) is 7.05 Å². The van der Waals surface area contributed by atoms with Gasteiger partial charge in [0.1, 0.15) is 0 Å². The highest BCUT2D eigenvalue weighted by Gasteiger charge is 2.73. The van der Waals surface area contributed by atoms with E-state index in [1.54, 1.807) is 7.05 Å². The molecule has 74 valence electrons. The summed E-state index contributed by atoms with van der Waals surface area (Å²) in [4.78, 5) is 24.9. The standard InChI is InChI=1S/C10H11NO3/c1-11-9(12)5-3-2-4(6(5)10(11)13)8-7(3)14-8/h3-8H,2H2,1H3. The maximum absolute atomic E-state index is 11.8. The van der Waals surface area contributed by atoms with Crippen LogP contribution in [0.5, 0.6) is 0 Å². The molecule has 2 saturated carbocycles. The van der Waals surface area contributed by atoms with Crippen LogP contribution >= 0.6 is 0 Å². The molecule has 0 spiro atoms. The minimum absolute atomic E-state index is 0.0291. The van der Waals surface area contributed by atoms with E-state index in [1.807, 2.05) is 0 Å².